The van der Waals surface area contributed by atoms with Crippen LogP contribution >= 0.6 is 11.6 Å². The Morgan fingerprint density at radius 3 is 2.56 bits per heavy atom. The van der Waals surface area contributed by atoms with Gasteiger partial charge < -0.3 is 19.3 Å². The van der Waals surface area contributed by atoms with Crippen molar-refractivity contribution >= 4 is 23.5 Å². The van der Waals surface area contributed by atoms with Crippen LogP contribution < -0.4 is 9.64 Å². The molecule has 1 unspecified atom stereocenters. The van der Waals surface area contributed by atoms with E-state index >= 15 is 0 Å². The van der Waals surface area contributed by atoms with Crippen LogP contribution in [-0.4, -0.2) is 52.7 Å². The number of halogens is 4. The van der Waals surface area contributed by atoms with Crippen LogP contribution in [0.4, 0.5) is 23.8 Å². The Kier molecular flexibility index (Phi) is 6.30. The van der Waals surface area contributed by atoms with Crippen molar-refractivity contribution in [3.8, 4) is 11.5 Å². The van der Waals surface area contributed by atoms with Crippen molar-refractivity contribution in [3.63, 3.8) is 0 Å². The van der Waals surface area contributed by atoms with Crippen LogP contribution in [0.1, 0.15) is 39.2 Å². The molecule has 0 N–H and O–H groups in total. The monoisotopic (exact) mass is 498 g/mol. The van der Waals surface area contributed by atoms with E-state index in [1.807, 2.05) is 25.7 Å². The first-order valence-corrected chi connectivity index (χ1v) is 11.3. The first-order valence-electron chi connectivity index (χ1n) is 10.9. The van der Waals surface area contributed by atoms with Gasteiger partial charge in [-0.3, -0.25) is 0 Å². The highest BCUT2D eigenvalue weighted by molar-refractivity contribution is 6.33. The van der Waals surface area contributed by atoms with E-state index in [2.05, 4.69) is 9.97 Å². The lowest BCUT2D eigenvalue weighted by atomic mass is 9.86. The lowest BCUT2D eigenvalue weighted by molar-refractivity contribution is -0.137. The number of alkyl halides is 3. The molecule has 4 rings (SSSR count). The Balaban J connectivity index is 1.50. The zero-order valence-corrected chi connectivity index (χ0v) is 19.9. The highest BCUT2D eigenvalue weighted by Gasteiger charge is 2.46. The fraction of sp³-hybridized carbons (Fsp3) is 0.522. The Labute approximate surface area is 200 Å². The maximum absolute atomic E-state index is 13.2. The van der Waals surface area contributed by atoms with Gasteiger partial charge in [0.1, 0.15) is 17.7 Å². The van der Waals surface area contributed by atoms with E-state index in [1.165, 1.54) is 24.7 Å². The van der Waals surface area contributed by atoms with Crippen molar-refractivity contribution in [2.45, 2.75) is 45.4 Å². The Morgan fingerprint density at radius 2 is 1.85 bits per heavy atom. The number of carbonyl (C=O) groups is 1. The Bertz CT molecular complexity index is 1080. The molecule has 2 aromatic rings. The zero-order valence-electron chi connectivity index (χ0n) is 19.2. The predicted octanol–water partition coefficient (Wildman–Crippen LogP) is 5.78. The van der Waals surface area contributed by atoms with E-state index in [9.17, 15) is 18.0 Å². The second kappa shape index (κ2) is 8.79. The van der Waals surface area contributed by atoms with Crippen LogP contribution in [0.25, 0.3) is 0 Å². The minimum absolute atomic E-state index is 0.118. The maximum atomic E-state index is 13.2. The largest absolute Gasteiger partial charge is 0.450 e. The van der Waals surface area contributed by atoms with Crippen molar-refractivity contribution in [3.05, 3.63) is 41.3 Å². The van der Waals surface area contributed by atoms with E-state index in [0.717, 1.165) is 18.9 Å². The van der Waals surface area contributed by atoms with Gasteiger partial charge in [-0.25, -0.2) is 14.8 Å². The zero-order chi connectivity index (χ0) is 24.7. The van der Waals surface area contributed by atoms with Gasteiger partial charge in [0.25, 0.3) is 0 Å². The first-order chi connectivity index (χ1) is 15.9. The number of anilines is 1. The summed E-state index contributed by atoms with van der Waals surface area (Å²) in [6, 6.07) is 3.51. The van der Waals surface area contributed by atoms with Crippen LogP contribution in [0.3, 0.4) is 0 Å². The third-order valence-corrected chi connectivity index (χ3v) is 6.37. The second-order valence-electron chi connectivity index (χ2n) is 9.75. The normalized spacial score (nSPS) is 20.8. The number of hydrogen-bond donors (Lipinski definition) is 0. The highest BCUT2D eigenvalue weighted by atomic mass is 35.5. The van der Waals surface area contributed by atoms with Crippen molar-refractivity contribution in [2.24, 2.45) is 5.41 Å². The second-order valence-corrected chi connectivity index (χ2v) is 10.1. The van der Waals surface area contributed by atoms with Gasteiger partial charge in [0.2, 0.25) is 0 Å². The SMILES string of the molecule is CC(C)(C)OC(=O)N1CCC2(CCN(c3ncncc3Oc3cccc(C(F)(F)F)c3Cl)C2)C1. The number of likely N-dealkylation sites (tertiary alicyclic amines) is 1. The molecule has 1 spiro atoms. The third kappa shape index (κ3) is 5.16. The standard InChI is InChI=1S/C23H26ClF3N4O3/c1-21(2,3)34-20(32)31-10-8-22(13-31)7-9-30(12-22)19-17(11-28-14-29-19)33-16-6-4-5-15(18(16)24)23(25,26)27/h4-6,11,14H,7-10,12-13H2,1-3H3. The van der Waals surface area contributed by atoms with Crippen LogP contribution in [0.2, 0.25) is 5.02 Å². The summed E-state index contributed by atoms with van der Waals surface area (Å²) in [4.78, 5) is 24.5. The number of hydrogen-bond acceptors (Lipinski definition) is 6. The van der Waals surface area contributed by atoms with Gasteiger partial charge in [-0.1, -0.05) is 17.7 Å². The summed E-state index contributed by atoms with van der Waals surface area (Å²) in [5, 5.41) is -0.522. The molecule has 0 aliphatic carbocycles. The molecule has 34 heavy (non-hydrogen) atoms. The van der Waals surface area contributed by atoms with Crippen LogP contribution in [0, 0.1) is 5.41 Å². The number of ether oxygens (including phenoxy) is 2. The Morgan fingerprint density at radius 1 is 1.12 bits per heavy atom. The minimum Gasteiger partial charge on any atom is -0.450 e. The van der Waals surface area contributed by atoms with Crippen LogP contribution in [0.15, 0.2) is 30.7 Å². The van der Waals surface area contributed by atoms with Crippen molar-refractivity contribution in [1.82, 2.24) is 14.9 Å². The summed E-state index contributed by atoms with van der Waals surface area (Å²) in [6.45, 7) is 7.96. The molecule has 0 saturated carbocycles. The number of rotatable bonds is 3. The van der Waals surface area contributed by atoms with Crippen molar-refractivity contribution in [1.29, 1.82) is 0 Å². The molecule has 1 atom stereocenters. The van der Waals surface area contributed by atoms with E-state index < -0.39 is 22.4 Å². The number of carbonyl (C=O) groups excluding carboxylic acids is 1. The van der Waals surface area contributed by atoms with Gasteiger partial charge in [0.05, 0.1) is 16.8 Å². The summed E-state index contributed by atoms with van der Waals surface area (Å²) in [7, 11) is 0. The summed E-state index contributed by atoms with van der Waals surface area (Å²) in [6.07, 6.45) is -0.499. The van der Waals surface area contributed by atoms with Gasteiger partial charge in [-0.2, -0.15) is 13.2 Å². The van der Waals surface area contributed by atoms with Crippen LogP contribution in [0.5, 0.6) is 11.5 Å². The third-order valence-electron chi connectivity index (χ3n) is 5.98. The molecule has 1 amide bonds. The molecule has 1 aromatic heterocycles. The molecule has 184 valence electrons. The fourth-order valence-electron chi connectivity index (χ4n) is 4.41. The van der Waals surface area contributed by atoms with Gasteiger partial charge in [-0.05, 0) is 45.7 Å². The topological polar surface area (TPSA) is 67.8 Å². The van der Waals surface area contributed by atoms with Crippen molar-refractivity contribution < 1.29 is 27.4 Å². The number of amides is 1. The van der Waals surface area contributed by atoms with Gasteiger partial charge >= 0.3 is 12.3 Å². The summed E-state index contributed by atoms with van der Waals surface area (Å²) in [5.74, 6) is 0.553. The van der Waals surface area contributed by atoms with Crippen LogP contribution in [-0.2, 0) is 10.9 Å². The van der Waals surface area contributed by atoms with E-state index in [4.69, 9.17) is 21.1 Å². The van der Waals surface area contributed by atoms with E-state index in [1.54, 1.807) is 4.90 Å². The van der Waals surface area contributed by atoms with Gasteiger partial charge in [0.15, 0.2) is 11.6 Å². The lowest BCUT2D eigenvalue weighted by Crippen LogP contribution is -2.37. The molecule has 1 aromatic carbocycles. The smallest absolute Gasteiger partial charge is 0.417 e. The maximum Gasteiger partial charge on any atom is 0.417 e. The molecule has 2 aliphatic heterocycles. The van der Waals surface area contributed by atoms with Crippen molar-refractivity contribution in [2.75, 3.05) is 31.1 Å². The molecule has 0 bridgehead atoms. The average molecular weight is 499 g/mol. The molecule has 2 fully saturated rings. The van der Waals surface area contributed by atoms with Gasteiger partial charge in [0, 0.05) is 31.6 Å². The quantitative estimate of drug-likeness (QED) is 0.534. The molecule has 0 radical (unpaired) electrons. The summed E-state index contributed by atoms with van der Waals surface area (Å²) < 4.78 is 51.0. The molecule has 2 aliphatic rings. The molecule has 2 saturated heterocycles. The van der Waals surface area contributed by atoms with E-state index in [-0.39, 0.29) is 23.0 Å². The molecule has 3 heterocycles. The molecular weight excluding hydrogens is 473 g/mol. The minimum atomic E-state index is -4.60. The fourth-order valence-corrected chi connectivity index (χ4v) is 4.69. The first kappa shape index (κ1) is 24.4. The Hall–Kier alpha value is -2.75. The summed E-state index contributed by atoms with van der Waals surface area (Å²) in [5.41, 5.74) is -1.65. The van der Waals surface area contributed by atoms with Gasteiger partial charge in [-0.15, -0.1) is 0 Å². The highest BCUT2D eigenvalue weighted by Crippen LogP contribution is 2.45. The lowest BCUT2D eigenvalue weighted by Gasteiger charge is -2.27. The van der Waals surface area contributed by atoms with E-state index in [0.29, 0.717) is 32.0 Å². The molecular formula is C23H26ClF3N4O3. The molecule has 11 heteroatoms. The predicted molar refractivity (Wildman–Crippen MR) is 120 cm³/mol. The number of aromatic nitrogens is 2. The average Bonchev–Trinajstić information content (AvgIpc) is 3.35. The number of nitrogens with zero attached hydrogens (tertiary/aromatic N) is 4. The number of benzene rings is 1. The summed E-state index contributed by atoms with van der Waals surface area (Å²) >= 11 is 6.00. The molecule has 7 nitrogen and oxygen atoms in total.